The average Bonchev–Trinajstić information content (AvgIpc) is 3.11. The van der Waals surface area contributed by atoms with Crippen LogP contribution in [0.5, 0.6) is 11.5 Å². The number of anilines is 1. The second-order valence-corrected chi connectivity index (χ2v) is 7.44. The summed E-state index contributed by atoms with van der Waals surface area (Å²) in [5.74, 6) is 1.01. The molecule has 0 fully saturated rings. The number of ether oxygens (including phenoxy) is 1. The Kier molecular flexibility index (Phi) is 5.28. The van der Waals surface area contributed by atoms with Crippen LogP contribution in [0.1, 0.15) is 16.7 Å². The van der Waals surface area contributed by atoms with E-state index in [1.807, 2.05) is 25.1 Å². The van der Waals surface area contributed by atoms with E-state index in [2.05, 4.69) is 26.6 Å². The van der Waals surface area contributed by atoms with Gasteiger partial charge in [0.15, 0.2) is 17.3 Å². The van der Waals surface area contributed by atoms with Gasteiger partial charge in [0.05, 0.1) is 35.2 Å². The van der Waals surface area contributed by atoms with Crippen LogP contribution in [0, 0.1) is 18.3 Å². The first-order chi connectivity index (χ1) is 14.6. The lowest BCUT2D eigenvalue weighted by Gasteiger charge is -2.03. The van der Waals surface area contributed by atoms with Gasteiger partial charge in [-0.1, -0.05) is 18.2 Å². The summed E-state index contributed by atoms with van der Waals surface area (Å²) in [6, 6.07) is 14.8. The number of phenols is 1. The molecule has 8 heteroatoms. The summed E-state index contributed by atoms with van der Waals surface area (Å²) in [5.41, 5.74) is 6.97. The normalized spacial score (nSPS) is 11.0. The molecule has 0 atom stereocenters. The first kappa shape index (κ1) is 19.4. The minimum absolute atomic E-state index is 0.0422. The Bertz CT molecular complexity index is 1310. The van der Waals surface area contributed by atoms with Crippen molar-refractivity contribution in [3.8, 4) is 28.0 Å². The van der Waals surface area contributed by atoms with Crippen LogP contribution in [-0.4, -0.2) is 28.4 Å². The van der Waals surface area contributed by atoms with Gasteiger partial charge in [-0.25, -0.2) is 9.97 Å². The lowest BCUT2D eigenvalue weighted by molar-refractivity contribution is 0.373. The van der Waals surface area contributed by atoms with Crippen molar-refractivity contribution in [2.75, 3.05) is 12.5 Å². The first-order valence-corrected chi connectivity index (χ1v) is 9.83. The van der Waals surface area contributed by atoms with Crippen LogP contribution in [0.2, 0.25) is 0 Å². The number of methoxy groups -OCH3 is 1. The van der Waals surface area contributed by atoms with E-state index in [1.54, 1.807) is 30.5 Å². The molecule has 0 saturated carbocycles. The number of nitrogens with zero attached hydrogens (tertiary/aromatic N) is 4. The zero-order chi connectivity index (χ0) is 21.1. The topological polar surface area (TPSA) is 103 Å². The van der Waals surface area contributed by atoms with Gasteiger partial charge in [0, 0.05) is 10.4 Å². The van der Waals surface area contributed by atoms with Crippen molar-refractivity contribution in [2.24, 2.45) is 5.10 Å². The molecule has 0 aliphatic heterocycles. The number of thiophene rings is 1. The highest BCUT2D eigenvalue weighted by Crippen LogP contribution is 2.40. The molecule has 148 valence electrons. The van der Waals surface area contributed by atoms with Gasteiger partial charge >= 0.3 is 0 Å². The van der Waals surface area contributed by atoms with E-state index in [9.17, 15) is 10.4 Å². The Balaban J connectivity index is 1.67. The molecular formula is C22H17N5O2S. The minimum atomic E-state index is 0.0422. The molecule has 30 heavy (non-hydrogen) atoms. The molecular weight excluding hydrogens is 398 g/mol. The Hall–Kier alpha value is -3.96. The molecule has 0 unspecified atom stereocenters. The summed E-state index contributed by atoms with van der Waals surface area (Å²) in [5, 5.41) is 23.6. The number of benzene rings is 2. The van der Waals surface area contributed by atoms with Crippen LogP contribution in [0.4, 0.5) is 5.82 Å². The number of phenolic OH excluding ortho intramolecular Hbond substituents is 1. The van der Waals surface area contributed by atoms with E-state index in [0.29, 0.717) is 22.7 Å². The third-order valence-corrected chi connectivity index (χ3v) is 5.90. The number of nitriles is 1. The largest absolute Gasteiger partial charge is 0.504 e. The lowest BCUT2D eigenvalue weighted by atomic mass is 10.0. The Morgan fingerprint density at radius 3 is 2.83 bits per heavy atom. The fourth-order valence-corrected chi connectivity index (χ4v) is 4.33. The van der Waals surface area contributed by atoms with Crippen molar-refractivity contribution >= 4 is 33.6 Å². The smallest absolute Gasteiger partial charge is 0.167 e. The Labute approximate surface area is 176 Å². The van der Waals surface area contributed by atoms with Crippen molar-refractivity contribution in [1.29, 1.82) is 5.26 Å². The fraction of sp³-hybridized carbons (Fsp3) is 0.0909. The highest BCUT2D eigenvalue weighted by atomic mass is 32.1. The van der Waals surface area contributed by atoms with E-state index >= 15 is 0 Å². The van der Waals surface area contributed by atoms with Crippen LogP contribution < -0.4 is 10.2 Å². The van der Waals surface area contributed by atoms with Crippen molar-refractivity contribution in [3.05, 3.63) is 65.5 Å². The van der Waals surface area contributed by atoms with Gasteiger partial charge < -0.3 is 9.84 Å². The number of hydrogen-bond acceptors (Lipinski definition) is 8. The molecule has 2 aromatic carbocycles. The molecule has 2 aromatic heterocycles. The molecule has 0 spiro atoms. The number of aromatic nitrogens is 2. The summed E-state index contributed by atoms with van der Waals surface area (Å²) in [6.45, 7) is 1.99. The van der Waals surface area contributed by atoms with E-state index in [4.69, 9.17) is 4.74 Å². The molecule has 4 aromatic rings. The van der Waals surface area contributed by atoms with Crippen LogP contribution in [0.3, 0.4) is 0 Å². The maximum atomic E-state index is 9.88. The van der Waals surface area contributed by atoms with Crippen LogP contribution in [0.25, 0.3) is 20.7 Å². The minimum Gasteiger partial charge on any atom is -0.504 e. The summed E-state index contributed by atoms with van der Waals surface area (Å²) >= 11 is 1.52. The van der Waals surface area contributed by atoms with Crippen LogP contribution >= 0.6 is 11.3 Å². The number of rotatable bonds is 5. The molecule has 4 rings (SSSR count). The molecule has 2 heterocycles. The number of fused-ring (bicyclic) bond motifs is 1. The van der Waals surface area contributed by atoms with Gasteiger partial charge in [0.25, 0.3) is 0 Å². The standard InChI is InChI=1S/C22H17N5O2S/c1-13-19-21(30-20(13)16-6-4-3-5-15(16)10-23)22(25-12-24-19)27-26-11-14-7-8-18(29-2)17(28)9-14/h3-9,11-12,28H,1-2H3,(H,24,25,27)/b26-11+. The van der Waals surface area contributed by atoms with Gasteiger partial charge in [0.1, 0.15) is 6.33 Å². The monoisotopic (exact) mass is 415 g/mol. The number of hydrazone groups is 1. The summed E-state index contributed by atoms with van der Waals surface area (Å²) < 4.78 is 5.90. The van der Waals surface area contributed by atoms with Crippen molar-refractivity contribution < 1.29 is 9.84 Å². The van der Waals surface area contributed by atoms with Crippen LogP contribution in [0.15, 0.2) is 53.9 Å². The van der Waals surface area contributed by atoms with Crippen LogP contribution in [-0.2, 0) is 0 Å². The number of nitrogens with one attached hydrogen (secondary N) is 1. The third kappa shape index (κ3) is 3.54. The molecule has 2 N–H and O–H groups in total. The molecule has 0 radical (unpaired) electrons. The fourth-order valence-electron chi connectivity index (χ4n) is 3.09. The quantitative estimate of drug-likeness (QED) is 0.362. The number of aromatic hydroxyl groups is 1. The summed E-state index contributed by atoms with van der Waals surface area (Å²) in [4.78, 5) is 9.71. The predicted octanol–water partition coefficient (Wildman–Crippen LogP) is 4.70. The Morgan fingerprint density at radius 2 is 2.07 bits per heavy atom. The zero-order valence-electron chi connectivity index (χ0n) is 16.2. The SMILES string of the molecule is COc1ccc(/C=N/Nc2ncnc3c(C)c(-c4ccccc4C#N)sc23)cc1O. The van der Waals surface area contributed by atoms with Crippen molar-refractivity contribution in [2.45, 2.75) is 6.92 Å². The van der Waals surface area contributed by atoms with E-state index in [0.717, 1.165) is 26.2 Å². The van der Waals surface area contributed by atoms with Gasteiger partial charge in [0.2, 0.25) is 0 Å². The number of aryl methyl sites for hydroxylation is 1. The van der Waals surface area contributed by atoms with Gasteiger partial charge in [-0.05, 0) is 42.3 Å². The van der Waals surface area contributed by atoms with Gasteiger partial charge in [-0.2, -0.15) is 10.4 Å². The van der Waals surface area contributed by atoms with E-state index in [1.165, 1.54) is 24.8 Å². The molecule has 0 saturated heterocycles. The molecule has 0 aliphatic carbocycles. The van der Waals surface area contributed by atoms with Crippen molar-refractivity contribution in [3.63, 3.8) is 0 Å². The first-order valence-electron chi connectivity index (χ1n) is 9.02. The number of hydrogen-bond donors (Lipinski definition) is 2. The maximum Gasteiger partial charge on any atom is 0.167 e. The predicted molar refractivity (Wildman–Crippen MR) is 118 cm³/mol. The second kappa shape index (κ2) is 8.19. The molecule has 0 aliphatic rings. The van der Waals surface area contributed by atoms with Gasteiger partial charge in [-0.3, -0.25) is 5.43 Å². The Morgan fingerprint density at radius 1 is 1.23 bits per heavy atom. The second-order valence-electron chi connectivity index (χ2n) is 6.41. The highest BCUT2D eigenvalue weighted by Gasteiger charge is 2.17. The molecule has 0 amide bonds. The summed E-state index contributed by atoms with van der Waals surface area (Å²) in [6.07, 6.45) is 3.07. The van der Waals surface area contributed by atoms with Crippen molar-refractivity contribution in [1.82, 2.24) is 9.97 Å². The van der Waals surface area contributed by atoms with E-state index < -0.39 is 0 Å². The lowest BCUT2D eigenvalue weighted by Crippen LogP contribution is -1.95. The van der Waals surface area contributed by atoms with E-state index in [-0.39, 0.29) is 5.75 Å². The average molecular weight is 415 g/mol. The molecule has 0 bridgehead atoms. The maximum absolute atomic E-state index is 9.88. The molecule has 7 nitrogen and oxygen atoms in total. The third-order valence-electron chi connectivity index (χ3n) is 4.58. The zero-order valence-corrected chi connectivity index (χ0v) is 17.1. The summed E-state index contributed by atoms with van der Waals surface area (Å²) in [7, 11) is 1.50. The highest BCUT2D eigenvalue weighted by molar-refractivity contribution is 7.23. The van der Waals surface area contributed by atoms with Gasteiger partial charge in [-0.15, -0.1) is 11.3 Å².